The maximum absolute atomic E-state index is 10.7. The quantitative estimate of drug-likeness (QED) is 0.505. The van der Waals surface area contributed by atoms with Gasteiger partial charge in [-0.2, -0.15) is 0 Å². The van der Waals surface area contributed by atoms with Crippen LogP contribution in [0.4, 0.5) is 0 Å². The van der Waals surface area contributed by atoms with Gasteiger partial charge in [-0.25, -0.2) is 0 Å². The third-order valence-corrected chi connectivity index (χ3v) is 6.21. The normalized spacial score (nSPS) is 22.5. The van der Waals surface area contributed by atoms with Crippen LogP contribution in [-0.2, 0) is 5.41 Å². The van der Waals surface area contributed by atoms with Gasteiger partial charge in [0.1, 0.15) is 17.2 Å². The smallest absolute Gasteiger partial charge is 0.119 e. The van der Waals surface area contributed by atoms with Crippen LogP contribution >= 0.6 is 0 Å². The number of rotatable bonds is 3. The minimum atomic E-state index is -0.321. The fourth-order valence-electron chi connectivity index (χ4n) is 4.79. The topological polar surface area (TPSA) is 60.7 Å². The molecule has 2 atom stereocenters. The molecule has 3 N–H and O–H groups in total. The molecule has 0 aromatic heterocycles. The Morgan fingerprint density at radius 1 is 0.714 bits per heavy atom. The second kappa shape index (κ2) is 7.59. The van der Waals surface area contributed by atoms with E-state index in [0.29, 0.717) is 11.7 Å². The van der Waals surface area contributed by atoms with Crippen LogP contribution in [0.2, 0.25) is 0 Å². The summed E-state index contributed by atoms with van der Waals surface area (Å²) in [4.78, 5) is 0. The van der Waals surface area contributed by atoms with Crippen molar-refractivity contribution < 1.29 is 15.3 Å². The highest BCUT2D eigenvalue weighted by Crippen LogP contribution is 2.50. The van der Waals surface area contributed by atoms with Crippen molar-refractivity contribution in [3.05, 3.63) is 89.5 Å². The Balaban J connectivity index is 1.85. The number of para-hydroxylation sites is 1. The van der Waals surface area contributed by atoms with Crippen molar-refractivity contribution in [2.75, 3.05) is 0 Å². The minimum Gasteiger partial charge on any atom is -0.508 e. The van der Waals surface area contributed by atoms with E-state index in [1.165, 1.54) is 5.56 Å². The van der Waals surface area contributed by atoms with E-state index in [1.807, 2.05) is 42.5 Å². The molecule has 28 heavy (non-hydrogen) atoms. The first-order valence-electron chi connectivity index (χ1n) is 9.95. The molecule has 0 amide bonds. The van der Waals surface area contributed by atoms with Crippen molar-refractivity contribution in [2.24, 2.45) is 0 Å². The third-order valence-electron chi connectivity index (χ3n) is 6.21. The fraction of sp³-hybridized carbons (Fsp3) is 0.280. The zero-order chi connectivity index (χ0) is 19.6. The summed E-state index contributed by atoms with van der Waals surface area (Å²) in [5, 5.41) is 30.2. The van der Waals surface area contributed by atoms with Crippen molar-refractivity contribution in [2.45, 2.75) is 43.4 Å². The summed E-state index contributed by atoms with van der Waals surface area (Å²) in [6.45, 7) is 0. The van der Waals surface area contributed by atoms with E-state index in [1.54, 1.807) is 30.3 Å². The Labute approximate surface area is 165 Å². The van der Waals surface area contributed by atoms with Crippen molar-refractivity contribution in [1.29, 1.82) is 0 Å². The van der Waals surface area contributed by atoms with Gasteiger partial charge in [-0.1, -0.05) is 55.3 Å². The molecule has 0 heterocycles. The summed E-state index contributed by atoms with van der Waals surface area (Å²) in [6.07, 6.45) is 5.10. The van der Waals surface area contributed by atoms with Crippen LogP contribution in [0.1, 0.15) is 54.7 Å². The van der Waals surface area contributed by atoms with E-state index >= 15 is 0 Å². The molecular weight excluding hydrogens is 348 g/mol. The first-order valence-corrected chi connectivity index (χ1v) is 9.95. The van der Waals surface area contributed by atoms with Gasteiger partial charge in [0.15, 0.2) is 0 Å². The molecule has 3 nitrogen and oxygen atoms in total. The van der Waals surface area contributed by atoms with Crippen LogP contribution < -0.4 is 0 Å². The van der Waals surface area contributed by atoms with Gasteiger partial charge in [0.2, 0.25) is 0 Å². The fourth-order valence-corrected chi connectivity index (χ4v) is 4.79. The number of phenolic OH excluding ortho intramolecular Hbond substituents is 3. The van der Waals surface area contributed by atoms with Gasteiger partial charge in [0, 0.05) is 11.0 Å². The summed E-state index contributed by atoms with van der Waals surface area (Å²) in [5.41, 5.74) is 2.97. The molecule has 3 heteroatoms. The molecule has 4 rings (SSSR count). The SMILES string of the molecule is Oc1ccc(C2CCCCC(c3ccc(O)cc3)(c3ccccc3O)C2)cc1. The lowest BCUT2D eigenvalue weighted by Crippen LogP contribution is -2.29. The predicted octanol–water partition coefficient (Wildman–Crippen LogP) is 5.84. The van der Waals surface area contributed by atoms with Crippen molar-refractivity contribution in [3.63, 3.8) is 0 Å². The lowest BCUT2D eigenvalue weighted by atomic mass is 9.66. The highest BCUT2D eigenvalue weighted by atomic mass is 16.3. The monoisotopic (exact) mass is 374 g/mol. The Kier molecular flexibility index (Phi) is 4.99. The van der Waals surface area contributed by atoms with Crippen molar-refractivity contribution in [3.8, 4) is 17.2 Å². The largest absolute Gasteiger partial charge is 0.508 e. The Morgan fingerprint density at radius 3 is 2.04 bits per heavy atom. The van der Waals surface area contributed by atoms with Gasteiger partial charge in [-0.15, -0.1) is 0 Å². The van der Waals surface area contributed by atoms with Crippen LogP contribution in [0.5, 0.6) is 17.2 Å². The van der Waals surface area contributed by atoms with Crippen LogP contribution in [0.3, 0.4) is 0 Å². The van der Waals surface area contributed by atoms with Gasteiger partial charge in [-0.3, -0.25) is 0 Å². The molecular formula is C25H26O3. The molecule has 3 aromatic rings. The molecule has 144 valence electrons. The van der Waals surface area contributed by atoms with Crippen molar-refractivity contribution in [1.82, 2.24) is 0 Å². The van der Waals surface area contributed by atoms with Crippen molar-refractivity contribution >= 4 is 0 Å². The average molecular weight is 374 g/mol. The summed E-state index contributed by atoms with van der Waals surface area (Å²) >= 11 is 0. The van der Waals surface area contributed by atoms with Gasteiger partial charge in [0.25, 0.3) is 0 Å². The van der Waals surface area contributed by atoms with E-state index < -0.39 is 0 Å². The molecule has 3 aromatic carbocycles. The maximum atomic E-state index is 10.7. The molecule has 0 saturated heterocycles. The molecule has 2 unspecified atom stereocenters. The van der Waals surface area contributed by atoms with Gasteiger partial charge < -0.3 is 15.3 Å². The lowest BCUT2D eigenvalue weighted by Gasteiger charge is -2.37. The Bertz CT molecular complexity index is 931. The second-order valence-electron chi connectivity index (χ2n) is 7.88. The molecule has 1 fully saturated rings. The summed E-state index contributed by atoms with van der Waals surface area (Å²) < 4.78 is 0. The van der Waals surface area contributed by atoms with E-state index in [2.05, 4.69) is 0 Å². The second-order valence-corrected chi connectivity index (χ2v) is 7.88. The highest BCUT2D eigenvalue weighted by molar-refractivity contribution is 5.48. The van der Waals surface area contributed by atoms with Crippen LogP contribution in [0.25, 0.3) is 0 Å². The van der Waals surface area contributed by atoms with Gasteiger partial charge in [0.05, 0.1) is 0 Å². The van der Waals surface area contributed by atoms with Crippen LogP contribution in [0, 0.1) is 0 Å². The van der Waals surface area contributed by atoms with Crippen LogP contribution in [0.15, 0.2) is 72.8 Å². The summed E-state index contributed by atoms with van der Waals surface area (Å²) in [7, 11) is 0. The molecule has 0 bridgehead atoms. The molecule has 0 spiro atoms. The maximum Gasteiger partial charge on any atom is 0.119 e. The number of aromatic hydroxyl groups is 3. The van der Waals surface area contributed by atoms with E-state index in [9.17, 15) is 15.3 Å². The zero-order valence-corrected chi connectivity index (χ0v) is 15.9. The molecule has 0 radical (unpaired) electrons. The highest BCUT2D eigenvalue weighted by Gasteiger charge is 2.40. The van der Waals surface area contributed by atoms with E-state index in [4.69, 9.17) is 0 Å². The first-order chi connectivity index (χ1) is 13.6. The molecule has 1 aliphatic carbocycles. The minimum absolute atomic E-state index is 0.250. The number of phenols is 3. The van der Waals surface area contributed by atoms with Gasteiger partial charge in [-0.05, 0) is 66.6 Å². The third kappa shape index (κ3) is 3.45. The molecule has 0 aliphatic heterocycles. The molecule has 1 aliphatic rings. The number of hydrogen-bond acceptors (Lipinski definition) is 3. The zero-order valence-electron chi connectivity index (χ0n) is 15.9. The summed E-state index contributed by atoms with van der Waals surface area (Å²) in [5.74, 6) is 1.18. The predicted molar refractivity (Wildman–Crippen MR) is 111 cm³/mol. The first kappa shape index (κ1) is 18.4. The van der Waals surface area contributed by atoms with Gasteiger partial charge >= 0.3 is 0 Å². The average Bonchev–Trinajstić information content (AvgIpc) is 2.93. The Hall–Kier alpha value is -2.94. The van der Waals surface area contributed by atoms with E-state index in [0.717, 1.165) is 43.2 Å². The summed E-state index contributed by atoms with van der Waals surface area (Å²) in [6, 6.07) is 22.6. The Morgan fingerprint density at radius 2 is 1.36 bits per heavy atom. The standard InChI is InChI=1S/C25H26O3/c26-21-12-8-18(9-13-21)19-5-3-4-16-25(17-19,20-10-14-22(27)15-11-20)23-6-1-2-7-24(23)28/h1-2,6-15,19,26-28H,3-5,16-17H2. The molecule has 1 saturated carbocycles. The van der Waals surface area contributed by atoms with Crippen LogP contribution in [-0.4, -0.2) is 15.3 Å². The lowest BCUT2D eigenvalue weighted by molar-refractivity contribution is 0.389. The van der Waals surface area contributed by atoms with E-state index in [-0.39, 0.29) is 16.9 Å². The number of benzene rings is 3. The number of hydrogen-bond donors (Lipinski definition) is 3.